The summed E-state index contributed by atoms with van der Waals surface area (Å²) in [5.74, 6) is -0.249. The van der Waals surface area contributed by atoms with Gasteiger partial charge in [-0.05, 0) is 63.6 Å². The van der Waals surface area contributed by atoms with E-state index in [0.717, 1.165) is 5.56 Å². The molecule has 0 aliphatic carbocycles. The molecule has 0 radical (unpaired) electrons. The maximum absolute atomic E-state index is 13.1. The molecule has 1 unspecified atom stereocenters. The molecule has 0 aromatic heterocycles. The van der Waals surface area contributed by atoms with Gasteiger partial charge in [-0.25, -0.2) is 13.1 Å². The highest BCUT2D eigenvalue weighted by Crippen LogP contribution is 2.23. The predicted octanol–water partition coefficient (Wildman–Crippen LogP) is 3.47. The summed E-state index contributed by atoms with van der Waals surface area (Å²) in [6.07, 6.45) is 0. The third kappa shape index (κ3) is 4.97. The third-order valence-corrected chi connectivity index (χ3v) is 6.03. The zero-order valence-electron chi connectivity index (χ0n) is 16.5. The van der Waals surface area contributed by atoms with Gasteiger partial charge < -0.3 is 4.90 Å². The summed E-state index contributed by atoms with van der Waals surface area (Å²) in [6.45, 7) is 7.72. The summed E-state index contributed by atoms with van der Waals surface area (Å²) < 4.78 is 27.3. The normalized spacial score (nSPS) is 12.4. The molecule has 2 aromatic rings. The molecule has 7 heteroatoms. The van der Waals surface area contributed by atoms with E-state index in [0.29, 0.717) is 17.7 Å². The van der Waals surface area contributed by atoms with Crippen LogP contribution in [0.2, 0.25) is 0 Å². The van der Waals surface area contributed by atoms with Crippen molar-refractivity contribution in [1.29, 1.82) is 5.26 Å². The zero-order chi connectivity index (χ0) is 20.9. The van der Waals surface area contributed by atoms with Gasteiger partial charge in [0.2, 0.25) is 10.0 Å². The summed E-state index contributed by atoms with van der Waals surface area (Å²) in [7, 11) is -3.68. The summed E-state index contributed by atoms with van der Waals surface area (Å²) in [4.78, 5) is 14.8. The van der Waals surface area contributed by atoms with Crippen molar-refractivity contribution >= 4 is 15.9 Å². The van der Waals surface area contributed by atoms with Crippen LogP contribution in [0.5, 0.6) is 0 Å². The van der Waals surface area contributed by atoms with E-state index in [1.165, 1.54) is 12.1 Å². The van der Waals surface area contributed by atoms with Crippen LogP contribution in [0, 0.1) is 11.3 Å². The molecule has 0 spiro atoms. The Labute approximate surface area is 166 Å². The van der Waals surface area contributed by atoms with Gasteiger partial charge in [0, 0.05) is 18.2 Å². The van der Waals surface area contributed by atoms with E-state index < -0.39 is 10.0 Å². The molecule has 2 aromatic carbocycles. The molecular formula is C21H25N3O3S. The quantitative estimate of drug-likeness (QED) is 0.772. The second-order valence-electron chi connectivity index (χ2n) is 6.80. The SMILES string of the molecule is CCN(C(=O)c1cccc(S(=O)(=O)NC(C)C)c1)C(C)c1ccc(C#N)cc1. The molecule has 0 saturated heterocycles. The fourth-order valence-corrected chi connectivity index (χ4v) is 4.25. The van der Waals surface area contributed by atoms with Crippen molar-refractivity contribution in [2.24, 2.45) is 0 Å². The van der Waals surface area contributed by atoms with Crippen molar-refractivity contribution in [1.82, 2.24) is 9.62 Å². The molecule has 0 bridgehead atoms. The van der Waals surface area contributed by atoms with E-state index >= 15 is 0 Å². The largest absolute Gasteiger partial charge is 0.332 e. The Morgan fingerprint density at radius 1 is 1.14 bits per heavy atom. The maximum Gasteiger partial charge on any atom is 0.254 e. The number of nitrogens with one attached hydrogen (secondary N) is 1. The number of sulfonamides is 1. The lowest BCUT2D eigenvalue weighted by atomic mass is 10.0. The smallest absolute Gasteiger partial charge is 0.254 e. The molecule has 0 aliphatic heterocycles. The van der Waals surface area contributed by atoms with Crippen LogP contribution in [0.25, 0.3) is 0 Å². The molecule has 28 heavy (non-hydrogen) atoms. The minimum atomic E-state index is -3.68. The first-order valence-electron chi connectivity index (χ1n) is 9.13. The van der Waals surface area contributed by atoms with Crippen molar-refractivity contribution in [3.05, 3.63) is 65.2 Å². The zero-order valence-corrected chi connectivity index (χ0v) is 17.3. The Bertz CT molecular complexity index is 977. The summed E-state index contributed by atoms with van der Waals surface area (Å²) in [5, 5.41) is 8.94. The summed E-state index contributed by atoms with van der Waals surface area (Å²) >= 11 is 0. The molecule has 6 nitrogen and oxygen atoms in total. The minimum absolute atomic E-state index is 0.0640. The third-order valence-electron chi connectivity index (χ3n) is 4.37. The van der Waals surface area contributed by atoms with Gasteiger partial charge in [0.15, 0.2) is 0 Å². The summed E-state index contributed by atoms with van der Waals surface area (Å²) in [5.41, 5.74) is 1.77. The Kier molecular flexibility index (Phi) is 6.95. The Balaban J connectivity index is 2.32. The second kappa shape index (κ2) is 9.00. The number of nitrogens with zero attached hydrogens (tertiary/aromatic N) is 2. The van der Waals surface area contributed by atoms with Crippen molar-refractivity contribution in [3.63, 3.8) is 0 Å². The van der Waals surface area contributed by atoms with Crippen LogP contribution in [0.1, 0.15) is 55.2 Å². The molecule has 0 saturated carbocycles. The lowest BCUT2D eigenvalue weighted by Gasteiger charge is -2.28. The van der Waals surface area contributed by atoms with Gasteiger partial charge in [-0.3, -0.25) is 4.79 Å². The molecule has 1 atom stereocenters. The molecule has 1 amide bonds. The lowest BCUT2D eigenvalue weighted by molar-refractivity contribution is 0.0702. The summed E-state index contributed by atoms with van der Waals surface area (Å²) in [6, 6.07) is 14.8. The van der Waals surface area contributed by atoms with E-state index in [2.05, 4.69) is 10.8 Å². The fourth-order valence-electron chi connectivity index (χ4n) is 2.95. The topological polar surface area (TPSA) is 90.3 Å². The number of carbonyl (C=O) groups excluding carboxylic acids is 1. The number of hydrogen-bond acceptors (Lipinski definition) is 4. The number of hydrogen-bond donors (Lipinski definition) is 1. The van der Waals surface area contributed by atoms with E-state index in [1.54, 1.807) is 43.0 Å². The van der Waals surface area contributed by atoms with E-state index in [-0.39, 0.29) is 22.9 Å². The van der Waals surface area contributed by atoms with Crippen LogP contribution >= 0.6 is 0 Å². The van der Waals surface area contributed by atoms with Crippen LogP contribution in [-0.2, 0) is 10.0 Å². The minimum Gasteiger partial charge on any atom is -0.332 e. The van der Waals surface area contributed by atoms with Gasteiger partial charge in [-0.15, -0.1) is 0 Å². The maximum atomic E-state index is 13.1. The van der Waals surface area contributed by atoms with Crippen LogP contribution in [-0.4, -0.2) is 31.8 Å². The number of rotatable bonds is 7. The lowest BCUT2D eigenvalue weighted by Crippen LogP contribution is -2.34. The Morgan fingerprint density at radius 3 is 2.32 bits per heavy atom. The number of nitriles is 1. The van der Waals surface area contributed by atoms with Gasteiger partial charge in [0.05, 0.1) is 22.6 Å². The highest BCUT2D eigenvalue weighted by Gasteiger charge is 2.23. The molecule has 148 valence electrons. The van der Waals surface area contributed by atoms with E-state index in [4.69, 9.17) is 5.26 Å². The number of carbonyl (C=O) groups is 1. The van der Waals surface area contributed by atoms with Crippen LogP contribution in [0.4, 0.5) is 0 Å². The average Bonchev–Trinajstić information content (AvgIpc) is 2.67. The van der Waals surface area contributed by atoms with Gasteiger partial charge >= 0.3 is 0 Å². The van der Waals surface area contributed by atoms with Crippen LogP contribution < -0.4 is 4.72 Å². The second-order valence-corrected chi connectivity index (χ2v) is 8.52. The van der Waals surface area contributed by atoms with Gasteiger partial charge in [0.25, 0.3) is 5.91 Å². The first kappa shape index (κ1) is 21.6. The molecule has 0 heterocycles. The standard InChI is InChI=1S/C21H25N3O3S/c1-5-24(16(4)18-11-9-17(14-22)10-12-18)21(25)19-7-6-8-20(13-19)28(26,27)23-15(2)3/h6-13,15-16,23H,5H2,1-4H3. The van der Waals surface area contributed by atoms with E-state index in [1.807, 2.05) is 26.0 Å². The van der Waals surface area contributed by atoms with Gasteiger partial charge in [0.1, 0.15) is 0 Å². The Morgan fingerprint density at radius 2 is 1.79 bits per heavy atom. The van der Waals surface area contributed by atoms with Crippen LogP contribution in [0.15, 0.2) is 53.4 Å². The number of benzene rings is 2. The van der Waals surface area contributed by atoms with Crippen molar-refractivity contribution < 1.29 is 13.2 Å². The molecular weight excluding hydrogens is 374 g/mol. The van der Waals surface area contributed by atoms with Gasteiger partial charge in [-0.1, -0.05) is 18.2 Å². The number of amides is 1. The van der Waals surface area contributed by atoms with Crippen molar-refractivity contribution in [2.45, 2.75) is 44.7 Å². The molecule has 0 fully saturated rings. The predicted molar refractivity (Wildman–Crippen MR) is 108 cm³/mol. The first-order chi connectivity index (χ1) is 13.2. The highest BCUT2D eigenvalue weighted by atomic mass is 32.2. The Hall–Kier alpha value is -2.69. The average molecular weight is 400 g/mol. The van der Waals surface area contributed by atoms with Gasteiger partial charge in [-0.2, -0.15) is 5.26 Å². The van der Waals surface area contributed by atoms with E-state index in [9.17, 15) is 13.2 Å². The molecule has 2 rings (SSSR count). The van der Waals surface area contributed by atoms with Crippen molar-refractivity contribution in [2.75, 3.05) is 6.54 Å². The molecule has 0 aliphatic rings. The highest BCUT2D eigenvalue weighted by molar-refractivity contribution is 7.89. The fraction of sp³-hybridized carbons (Fsp3) is 0.333. The molecule has 1 N–H and O–H groups in total. The van der Waals surface area contributed by atoms with Crippen molar-refractivity contribution in [3.8, 4) is 6.07 Å². The first-order valence-corrected chi connectivity index (χ1v) is 10.6. The van der Waals surface area contributed by atoms with Crippen LogP contribution in [0.3, 0.4) is 0 Å². The monoisotopic (exact) mass is 399 g/mol.